The van der Waals surface area contributed by atoms with E-state index >= 15 is 0 Å². The molecule has 1 heterocycles. The predicted octanol–water partition coefficient (Wildman–Crippen LogP) is 4.78. The molecule has 0 spiro atoms. The highest BCUT2D eigenvalue weighted by Crippen LogP contribution is 2.46. The zero-order chi connectivity index (χ0) is 24.4. The van der Waals surface area contributed by atoms with Gasteiger partial charge in [0, 0.05) is 25.5 Å². The van der Waals surface area contributed by atoms with Crippen LogP contribution in [-0.2, 0) is 38.3 Å². The van der Waals surface area contributed by atoms with Gasteiger partial charge < -0.3 is 4.74 Å². The highest BCUT2D eigenvalue weighted by molar-refractivity contribution is 7.86. The molecule has 0 bridgehead atoms. The molecule has 0 radical (unpaired) electrons. The lowest BCUT2D eigenvalue weighted by Gasteiger charge is -2.32. The molecule has 0 saturated carbocycles. The third-order valence-corrected chi connectivity index (χ3v) is 8.01. The maximum absolute atomic E-state index is 12.1. The van der Waals surface area contributed by atoms with Crippen LogP contribution in [0.2, 0.25) is 0 Å². The van der Waals surface area contributed by atoms with E-state index in [9.17, 15) is 8.42 Å². The zero-order valence-electron chi connectivity index (χ0n) is 20.3. The van der Waals surface area contributed by atoms with Crippen LogP contribution < -0.4 is 5.32 Å². The Bertz CT molecular complexity index is 1250. The van der Waals surface area contributed by atoms with Crippen LogP contribution in [0.15, 0.2) is 78.9 Å². The van der Waals surface area contributed by atoms with Crippen molar-refractivity contribution in [2.24, 2.45) is 5.92 Å². The second-order valence-electron chi connectivity index (χ2n) is 9.78. The number of benzene rings is 3. The first kappa shape index (κ1) is 24.2. The number of hydrogen-bond acceptors (Lipinski definition) is 5. The average Bonchev–Trinajstić information content (AvgIpc) is 3.19. The van der Waals surface area contributed by atoms with Crippen LogP contribution in [0.3, 0.4) is 0 Å². The number of rotatable bonds is 8. The van der Waals surface area contributed by atoms with Crippen molar-refractivity contribution in [3.8, 4) is 0 Å². The van der Waals surface area contributed by atoms with Gasteiger partial charge in [-0.15, -0.1) is 0 Å². The summed E-state index contributed by atoms with van der Waals surface area (Å²) in [4.78, 5) is 0. The van der Waals surface area contributed by atoms with Crippen LogP contribution in [-0.4, -0.2) is 34.1 Å². The Kier molecular flexibility index (Phi) is 7.07. The molecule has 5 rings (SSSR count). The topological polar surface area (TPSA) is 64.6 Å². The minimum Gasteiger partial charge on any atom is -0.376 e. The van der Waals surface area contributed by atoms with Gasteiger partial charge in [0.05, 0.1) is 12.4 Å². The van der Waals surface area contributed by atoms with Crippen molar-refractivity contribution in [2.75, 3.05) is 13.4 Å². The fourth-order valence-electron chi connectivity index (χ4n) is 5.91. The smallest absolute Gasteiger partial charge is 0.265 e. The summed E-state index contributed by atoms with van der Waals surface area (Å²) in [6, 6.07) is 27.5. The van der Waals surface area contributed by atoms with E-state index in [4.69, 9.17) is 8.92 Å². The van der Waals surface area contributed by atoms with Gasteiger partial charge in [0.15, 0.2) is 0 Å². The monoisotopic (exact) mass is 491 g/mol. The maximum Gasteiger partial charge on any atom is 0.265 e. The van der Waals surface area contributed by atoms with Crippen LogP contribution in [0, 0.1) is 5.92 Å². The first-order valence-corrected chi connectivity index (χ1v) is 14.1. The first-order chi connectivity index (χ1) is 16.9. The van der Waals surface area contributed by atoms with Crippen molar-refractivity contribution in [2.45, 2.75) is 50.0 Å². The number of nitrogens with one attached hydrogen (secondary N) is 1. The van der Waals surface area contributed by atoms with E-state index in [0.29, 0.717) is 5.92 Å². The Hall–Kier alpha value is -2.51. The molecule has 0 aromatic heterocycles. The number of ether oxygens (including phenoxy) is 1. The van der Waals surface area contributed by atoms with Gasteiger partial charge in [-0.05, 0) is 53.0 Å². The fraction of sp³-hybridized carbons (Fsp3) is 0.379. The molecule has 1 aliphatic carbocycles. The number of methoxy groups -OCH3 is 1. The molecule has 5 atom stereocenters. The minimum absolute atomic E-state index is 0.00332. The highest BCUT2D eigenvalue weighted by atomic mass is 32.2. The van der Waals surface area contributed by atoms with Crippen molar-refractivity contribution in [1.29, 1.82) is 0 Å². The second-order valence-corrected chi connectivity index (χ2v) is 11.4. The van der Waals surface area contributed by atoms with Crippen molar-refractivity contribution in [3.05, 3.63) is 107 Å². The summed E-state index contributed by atoms with van der Waals surface area (Å²) in [5.41, 5.74) is 6.13. The van der Waals surface area contributed by atoms with E-state index in [1.54, 1.807) is 7.11 Å². The zero-order valence-corrected chi connectivity index (χ0v) is 21.1. The molecule has 3 aromatic carbocycles. The molecular weight excluding hydrogens is 458 g/mol. The summed E-state index contributed by atoms with van der Waals surface area (Å²) in [7, 11) is -1.84. The molecule has 5 nitrogen and oxygen atoms in total. The molecule has 35 heavy (non-hydrogen) atoms. The molecule has 5 unspecified atom stereocenters. The summed E-state index contributed by atoms with van der Waals surface area (Å²) in [6.45, 7) is 0. The lowest BCUT2D eigenvalue weighted by atomic mass is 9.72. The van der Waals surface area contributed by atoms with Gasteiger partial charge in [0.1, 0.15) is 6.23 Å². The van der Waals surface area contributed by atoms with Crippen molar-refractivity contribution < 1.29 is 17.3 Å². The SMILES string of the molecule is COC(Cc1ccc2c(c1)CCC1C(Cc3ccccc3)NC(OS(C)(=O)=O)C21)c1ccccc1. The van der Waals surface area contributed by atoms with E-state index in [0.717, 1.165) is 37.5 Å². The molecular formula is C29H33NO4S. The predicted molar refractivity (Wildman–Crippen MR) is 138 cm³/mol. The normalized spacial score (nSPS) is 24.5. The molecule has 1 aliphatic heterocycles. The first-order valence-electron chi connectivity index (χ1n) is 12.3. The Labute approximate surface area is 208 Å². The molecule has 1 N–H and O–H groups in total. The minimum atomic E-state index is -3.59. The average molecular weight is 492 g/mol. The summed E-state index contributed by atoms with van der Waals surface area (Å²) in [5.74, 6) is 0.319. The van der Waals surface area contributed by atoms with E-state index in [1.165, 1.54) is 22.3 Å². The van der Waals surface area contributed by atoms with Crippen LogP contribution in [0.4, 0.5) is 0 Å². The van der Waals surface area contributed by atoms with Crippen molar-refractivity contribution in [3.63, 3.8) is 0 Å². The summed E-state index contributed by atoms with van der Waals surface area (Å²) in [5, 5.41) is 3.53. The Morgan fingerprint density at radius 2 is 1.69 bits per heavy atom. The lowest BCUT2D eigenvalue weighted by molar-refractivity contribution is 0.103. The largest absolute Gasteiger partial charge is 0.376 e. The van der Waals surface area contributed by atoms with E-state index in [1.807, 2.05) is 36.4 Å². The quantitative estimate of drug-likeness (QED) is 0.460. The molecule has 6 heteroatoms. The van der Waals surface area contributed by atoms with Crippen molar-refractivity contribution >= 4 is 10.1 Å². The van der Waals surface area contributed by atoms with Crippen LogP contribution in [0.25, 0.3) is 0 Å². The molecule has 0 amide bonds. The van der Waals surface area contributed by atoms with Gasteiger partial charge in [-0.3, -0.25) is 9.50 Å². The third kappa shape index (κ3) is 5.51. The number of hydrogen-bond donors (Lipinski definition) is 1. The van der Waals surface area contributed by atoms with Crippen LogP contribution in [0.1, 0.15) is 46.3 Å². The summed E-state index contributed by atoms with van der Waals surface area (Å²) in [6.07, 6.45) is 4.20. The lowest BCUT2D eigenvalue weighted by Crippen LogP contribution is -2.36. The summed E-state index contributed by atoms with van der Waals surface area (Å²) >= 11 is 0. The van der Waals surface area contributed by atoms with Gasteiger partial charge in [-0.25, -0.2) is 0 Å². The summed E-state index contributed by atoms with van der Waals surface area (Å²) < 4.78 is 35.6. The van der Waals surface area contributed by atoms with Gasteiger partial charge in [0.25, 0.3) is 10.1 Å². The fourth-order valence-corrected chi connectivity index (χ4v) is 6.46. The molecule has 2 aliphatic rings. The van der Waals surface area contributed by atoms with Gasteiger partial charge >= 0.3 is 0 Å². The van der Waals surface area contributed by atoms with Crippen molar-refractivity contribution in [1.82, 2.24) is 5.32 Å². The Morgan fingerprint density at radius 1 is 0.971 bits per heavy atom. The molecule has 184 valence electrons. The van der Waals surface area contributed by atoms with Gasteiger partial charge in [0.2, 0.25) is 0 Å². The highest BCUT2D eigenvalue weighted by Gasteiger charge is 2.47. The Morgan fingerprint density at radius 3 is 2.37 bits per heavy atom. The number of fused-ring (bicyclic) bond motifs is 3. The third-order valence-electron chi connectivity index (χ3n) is 7.45. The molecule has 3 aromatic rings. The van der Waals surface area contributed by atoms with Gasteiger partial charge in [-0.1, -0.05) is 78.9 Å². The van der Waals surface area contributed by atoms with Crippen LogP contribution in [0.5, 0.6) is 0 Å². The molecule has 1 fully saturated rings. The van der Waals surface area contributed by atoms with E-state index in [2.05, 4.69) is 47.8 Å². The Balaban J connectivity index is 1.41. The maximum atomic E-state index is 12.1. The standard InChI is InChI=1S/C29H33NO4S/c1-33-27(22-11-7-4-8-12-22)19-21-13-15-24-23(17-21)14-16-25-26(18-20-9-5-3-6-10-20)30-29(28(24)25)34-35(2,31)32/h3-13,15,17,25-30H,14,16,18-19H2,1-2H3. The second kappa shape index (κ2) is 10.2. The van der Waals surface area contributed by atoms with E-state index in [-0.39, 0.29) is 18.1 Å². The molecule has 1 saturated heterocycles. The van der Waals surface area contributed by atoms with Gasteiger partial charge in [-0.2, -0.15) is 8.42 Å². The van der Waals surface area contributed by atoms with Crippen LogP contribution >= 0.6 is 0 Å². The number of aryl methyl sites for hydroxylation is 1. The van der Waals surface area contributed by atoms with E-state index < -0.39 is 16.3 Å².